The Morgan fingerprint density at radius 1 is 1.22 bits per heavy atom. The molecule has 36 heavy (non-hydrogen) atoms. The Kier molecular flexibility index (Phi) is 6.18. The van der Waals surface area contributed by atoms with Crippen LogP contribution in [0.4, 0.5) is 4.79 Å². The number of β-lactam (4-membered cyclic amide) rings is 1. The quantitative estimate of drug-likeness (QED) is 0.445. The molecule has 5 rings (SSSR count). The summed E-state index contributed by atoms with van der Waals surface area (Å²) in [5.41, 5.74) is 0.918. The molecule has 1 aromatic heterocycles. The number of carboxylic acid groups (broad SMARTS) is 1. The van der Waals surface area contributed by atoms with Crippen LogP contribution >= 0.6 is 11.8 Å². The van der Waals surface area contributed by atoms with Gasteiger partial charge in [0.25, 0.3) is 0 Å². The molecular weight excluding hydrogens is 494 g/mol. The number of allylic oxidation sites excluding steroid dienone is 1. The maximum absolute atomic E-state index is 13.2. The molecule has 3 amide bonds. The van der Waals surface area contributed by atoms with E-state index in [-0.39, 0.29) is 53.0 Å². The minimum atomic E-state index is -1.18. The maximum atomic E-state index is 13.2. The van der Waals surface area contributed by atoms with E-state index in [9.17, 15) is 29.1 Å². The molecule has 3 atom stereocenters. The highest BCUT2D eigenvalue weighted by atomic mass is 32.2. The number of carbonyl (C=O) groups excluding carboxylic acids is 3. The fourth-order valence-corrected chi connectivity index (χ4v) is 6.36. The van der Waals surface area contributed by atoms with Crippen LogP contribution in [0.15, 0.2) is 36.5 Å². The number of aryl methyl sites for hydroxylation is 1. The predicted octanol–water partition coefficient (Wildman–Crippen LogP) is 1.30. The van der Waals surface area contributed by atoms with Gasteiger partial charge in [-0.1, -0.05) is 6.92 Å². The summed E-state index contributed by atoms with van der Waals surface area (Å²) in [4.78, 5) is 65.5. The molecule has 0 saturated carbocycles. The fourth-order valence-electron chi connectivity index (χ4n) is 5.03. The summed E-state index contributed by atoms with van der Waals surface area (Å²) in [6, 6.07) is -0.194. The van der Waals surface area contributed by atoms with Gasteiger partial charge in [0.05, 0.1) is 17.3 Å². The van der Waals surface area contributed by atoms with Gasteiger partial charge in [-0.05, 0) is 31.4 Å². The molecule has 12 nitrogen and oxygen atoms in total. The first-order valence-corrected chi connectivity index (χ1v) is 12.6. The maximum Gasteiger partial charge on any atom is 0.519 e. The van der Waals surface area contributed by atoms with E-state index in [1.54, 1.807) is 17.9 Å². The van der Waals surface area contributed by atoms with E-state index in [0.717, 1.165) is 0 Å². The molecule has 1 N–H and O–H groups in total. The number of thioether (sulfide) groups is 1. The minimum absolute atomic E-state index is 0.0425. The van der Waals surface area contributed by atoms with Crippen molar-refractivity contribution < 1.29 is 37.9 Å². The van der Waals surface area contributed by atoms with Gasteiger partial charge in [0.1, 0.15) is 5.70 Å². The molecular formula is C23H25N3O9S. The molecule has 192 valence electrons. The molecule has 3 fully saturated rings. The van der Waals surface area contributed by atoms with Crippen LogP contribution < -0.4 is 5.82 Å². The summed E-state index contributed by atoms with van der Waals surface area (Å²) in [6.45, 7) is 4.25. The van der Waals surface area contributed by atoms with Crippen molar-refractivity contribution in [2.75, 3.05) is 25.4 Å². The summed E-state index contributed by atoms with van der Waals surface area (Å²) >= 11 is 1.50. The summed E-state index contributed by atoms with van der Waals surface area (Å²) < 4.78 is 14.8. The topological polar surface area (TPSA) is 151 Å². The molecule has 3 unspecified atom stereocenters. The zero-order valence-electron chi connectivity index (χ0n) is 19.7. The number of nitrogens with zero attached hydrogens (tertiary/aromatic N) is 3. The highest BCUT2D eigenvalue weighted by molar-refractivity contribution is 8.00. The molecule has 0 radical (unpaired) electrons. The Bertz CT molecular complexity index is 1260. The summed E-state index contributed by atoms with van der Waals surface area (Å²) in [5.74, 6) is -1.87. The largest absolute Gasteiger partial charge is 0.519 e. The number of likely N-dealkylation sites (tertiary alicyclic amines) is 2. The number of carbonyl (C=O) groups is 4. The van der Waals surface area contributed by atoms with Crippen LogP contribution in [0.2, 0.25) is 0 Å². The van der Waals surface area contributed by atoms with Crippen LogP contribution in [0.5, 0.6) is 0 Å². The highest BCUT2D eigenvalue weighted by Gasteiger charge is 2.51. The molecule has 4 aliphatic heterocycles. The van der Waals surface area contributed by atoms with E-state index in [1.165, 1.54) is 28.5 Å². The fraction of sp³-hybridized carbons (Fsp3) is 0.522. The van der Waals surface area contributed by atoms with Gasteiger partial charge in [-0.3, -0.25) is 14.5 Å². The summed E-state index contributed by atoms with van der Waals surface area (Å²) in [5, 5.41) is 9.57. The molecule has 4 aliphatic rings. The average Bonchev–Trinajstić information content (AvgIpc) is 3.55. The first-order chi connectivity index (χ1) is 17.2. The lowest BCUT2D eigenvalue weighted by Gasteiger charge is -2.48. The molecule has 0 bridgehead atoms. The first-order valence-electron chi connectivity index (χ1n) is 11.6. The molecule has 5 heterocycles. The van der Waals surface area contributed by atoms with Crippen molar-refractivity contribution in [1.29, 1.82) is 0 Å². The van der Waals surface area contributed by atoms with Crippen molar-refractivity contribution in [3.63, 3.8) is 0 Å². The lowest BCUT2D eigenvalue weighted by molar-refractivity contribution is -0.151. The third-order valence-corrected chi connectivity index (χ3v) is 8.44. The first kappa shape index (κ1) is 24.2. The number of ether oxygens (including phenoxy) is 1. The van der Waals surface area contributed by atoms with E-state index in [0.29, 0.717) is 49.4 Å². The Balaban J connectivity index is 1.23. The summed E-state index contributed by atoms with van der Waals surface area (Å²) in [7, 11) is 0. The van der Waals surface area contributed by atoms with Crippen molar-refractivity contribution in [3.05, 3.63) is 45.1 Å². The van der Waals surface area contributed by atoms with Crippen molar-refractivity contribution in [2.45, 2.75) is 44.7 Å². The van der Waals surface area contributed by atoms with E-state index in [2.05, 4.69) is 0 Å². The Hall–Kier alpha value is -3.48. The number of carboxylic acids is 1. The van der Waals surface area contributed by atoms with Crippen molar-refractivity contribution in [3.8, 4) is 0 Å². The molecule has 3 saturated heterocycles. The number of hydrogen-bond acceptors (Lipinski definition) is 9. The van der Waals surface area contributed by atoms with Crippen LogP contribution in [0.1, 0.15) is 31.3 Å². The monoisotopic (exact) mass is 519 g/mol. The number of hydrogen-bond donors (Lipinski definition) is 1. The van der Waals surface area contributed by atoms with E-state index in [1.807, 2.05) is 0 Å². The van der Waals surface area contributed by atoms with Gasteiger partial charge in [-0.2, -0.15) is 0 Å². The van der Waals surface area contributed by atoms with Gasteiger partial charge in [0.2, 0.25) is 11.8 Å². The highest BCUT2D eigenvalue weighted by Crippen LogP contribution is 2.44. The molecule has 0 aromatic carbocycles. The lowest BCUT2D eigenvalue weighted by atomic mass is 9.97. The van der Waals surface area contributed by atoms with Crippen LogP contribution in [-0.2, 0) is 25.7 Å². The van der Waals surface area contributed by atoms with Crippen LogP contribution in [0, 0.1) is 12.8 Å². The van der Waals surface area contributed by atoms with Crippen molar-refractivity contribution >= 4 is 35.6 Å². The summed E-state index contributed by atoms with van der Waals surface area (Å²) in [6.07, 6.45) is 2.07. The van der Waals surface area contributed by atoms with Gasteiger partial charge in [0.15, 0.2) is 18.1 Å². The standard InChI is InChI=1S/C23H25N3O9S/c1-11-18(27)26-17(21(29)30)14(10-36-20(11)26)7-13-3-6-25(19(13)28)15-4-5-24(8-15)22(31)33-9-16-12(2)34-23(32)35-16/h7,11,15,20H,3-6,8-10H2,1-2H3,(H,29,30)/b13-7+. The molecule has 1 aromatic rings. The van der Waals surface area contributed by atoms with E-state index in [4.69, 9.17) is 13.6 Å². The second-order valence-electron chi connectivity index (χ2n) is 9.17. The number of aliphatic carboxylic acids is 1. The molecule has 13 heteroatoms. The SMILES string of the molecule is Cc1oc(=O)oc1COC(=O)N1CCC(N2CC/C(=C\C3=C(C(=O)O)N4C(=O)C(C)C4SC3)C2=O)C1. The second kappa shape index (κ2) is 9.19. The Labute approximate surface area is 209 Å². The van der Waals surface area contributed by atoms with Gasteiger partial charge in [0, 0.05) is 31.0 Å². The Morgan fingerprint density at radius 2 is 2.00 bits per heavy atom. The average molecular weight is 520 g/mol. The van der Waals surface area contributed by atoms with Crippen molar-refractivity contribution in [1.82, 2.24) is 14.7 Å². The van der Waals surface area contributed by atoms with Gasteiger partial charge in [-0.25, -0.2) is 14.4 Å². The van der Waals surface area contributed by atoms with Crippen LogP contribution in [-0.4, -0.2) is 80.5 Å². The zero-order valence-corrected chi connectivity index (χ0v) is 20.5. The second-order valence-corrected chi connectivity index (χ2v) is 10.3. The van der Waals surface area contributed by atoms with Crippen LogP contribution in [0.3, 0.4) is 0 Å². The number of rotatable bonds is 5. The van der Waals surface area contributed by atoms with Crippen molar-refractivity contribution in [2.24, 2.45) is 5.92 Å². The third kappa shape index (κ3) is 4.10. The number of fused-ring (bicyclic) bond motifs is 1. The zero-order chi connectivity index (χ0) is 25.7. The Morgan fingerprint density at radius 3 is 2.69 bits per heavy atom. The smallest absolute Gasteiger partial charge is 0.477 e. The van der Waals surface area contributed by atoms with Gasteiger partial charge in [-0.15, -0.1) is 11.8 Å². The van der Waals surface area contributed by atoms with E-state index >= 15 is 0 Å². The van der Waals surface area contributed by atoms with Crippen LogP contribution in [0.25, 0.3) is 0 Å². The lowest BCUT2D eigenvalue weighted by Crippen LogP contribution is -2.60. The van der Waals surface area contributed by atoms with E-state index < -0.39 is 17.9 Å². The third-order valence-electron chi connectivity index (χ3n) is 7.00. The van der Waals surface area contributed by atoms with Gasteiger partial charge < -0.3 is 28.5 Å². The normalized spacial score (nSPS) is 27.1. The number of amides is 3. The molecule has 0 spiro atoms. The minimum Gasteiger partial charge on any atom is -0.477 e. The molecule has 0 aliphatic carbocycles. The van der Waals surface area contributed by atoms with Gasteiger partial charge >= 0.3 is 17.9 Å². The predicted molar refractivity (Wildman–Crippen MR) is 123 cm³/mol.